The molecule has 1 amide bonds. The van der Waals surface area contributed by atoms with Gasteiger partial charge in [0.2, 0.25) is 5.91 Å². The maximum absolute atomic E-state index is 12.8. The van der Waals surface area contributed by atoms with E-state index in [0.717, 1.165) is 29.9 Å². The van der Waals surface area contributed by atoms with Gasteiger partial charge in [-0.25, -0.2) is 4.98 Å². The van der Waals surface area contributed by atoms with Gasteiger partial charge in [0.25, 0.3) is 0 Å². The lowest BCUT2D eigenvalue weighted by atomic mass is 10.0. The van der Waals surface area contributed by atoms with E-state index in [1.165, 1.54) is 0 Å². The van der Waals surface area contributed by atoms with Crippen molar-refractivity contribution in [2.45, 2.75) is 38.9 Å². The average molecular weight is 313 g/mol. The molecule has 3 rings (SSSR count). The molecule has 3 heterocycles. The van der Waals surface area contributed by atoms with E-state index in [4.69, 9.17) is 0 Å². The number of amides is 1. The van der Waals surface area contributed by atoms with Crippen molar-refractivity contribution in [3.63, 3.8) is 0 Å². The number of rotatable bonds is 4. The van der Waals surface area contributed by atoms with Crippen molar-refractivity contribution in [1.82, 2.24) is 24.8 Å². The Balaban J connectivity index is 1.92. The molecule has 0 spiro atoms. The third-order valence-corrected chi connectivity index (χ3v) is 4.11. The molecule has 6 nitrogen and oxygen atoms in total. The van der Waals surface area contributed by atoms with Gasteiger partial charge in [0.1, 0.15) is 6.04 Å². The number of fused-ring (bicyclic) bond motifs is 1. The highest BCUT2D eigenvalue weighted by molar-refractivity contribution is 5.83. The fraction of sp³-hybridized carbons (Fsp3) is 0.471. The van der Waals surface area contributed by atoms with Crippen LogP contribution in [-0.4, -0.2) is 37.9 Å². The molecule has 2 aromatic rings. The van der Waals surface area contributed by atoms with Crippen LogP contribution in [0.15, 0.2) is 30.9 Å². The van der Waals surface area contributed by atoms with Gasteiger partial charge in [0.15, 0.2) is 0 Å². The number of hydrogen-bond acceptors (Lipinski definition) is 4. The van der Waals surface area contributed by atoms with E-state index in [1.807, 2.05) is 43.8 Å². The van der Waals surface area contributed by atoms with Crippen LogP contribution >= 0.6 is 0 Å². The van der Waals surface area contributed by atoms with Crippen LogP contribution in [-0.2, 0) is 24.8 Å². The maximum Gasteiger partial charge on any atom is 0.243 e. The molecule has 0 saturated heterocycles. The van der Waals surface area contributed by atoms with Crippen LogP contribution < -0.4 is 5.32 Å². The molecule has 1 N–H and O–H groups in total. The predicted molar refractivity (Wildman–Crippen MR) is 87.6 cm³/mol. The monoisotopic (exact) mass is 313 g/mol. The first-order valence-electron chi connectivity index (χ1n) is 7.99. The van der Waals surface area contributed by atoms with Gasteiger partial charge in [0, 0.05) is 45.0 Å². The Bertz CT molecular complexity index is 680. The molecule has 6 heteroatoms. The summed E-state index contributed by atoms with van der Waals surface area (Å²) < 4.78 is 1.97. The zero-order chi connectivity index (χ0) is 16.4. The Kier molecular flexibility index (Phi) is 4.43. The van der Waals surface area contributed by atoms with E-state index in [1.54, 1.807) is 12.5 Å². The van der Waals surface area contributed by atoms with E-state index < -0.39 is 0 Å². The normalized spacial score (nSPS) is 18.0. The Morgan fingerprint density at radius 2 is 2.30 bits per heavy atom. The summed E-state index contributed by atoms with van der Waals surface area (Å²) in [4.78, 5) is 23.6. The number of aromatic nitrogens is 3. The largest absolute Gasteiger partial charge is 0.352 e. The first kappa shape index (κ1) is 15.7. The Hall–Kier alpha value is -2.21. The van der Waals surface area contributed by atoms with Crippen LogP contribution in [0.2, 0.25) is 0 Å². The van der Waals surface area contributed by atoms with Gasteiger partial charge in [-0.15, -0.1) is 0 Å². The van der Waals surface area contributed by atoms with E-state index in [2.05, 4.69) is 20.2 Å². The number of nitrogens with zero attached hydrogens (tertiary/aromatic N) is 4. The lowest BCUT2D eigenvalue weighted by molar-refractivity contribution is -0.128. The third kappa shape index (κ3) is 3.27. The third-order valence-electron chi connectivity index (χ3n) is 4.11. The summed E-state index contributed by atoms with van der Waals surface area (Å²) in [5.41, 5.74) is 3.14. The van der Waals surface area contributed by atoms with Crippen molar-refractivity contribution < 1.29 is 4.79 Å². The minimum absolute atomic E-state index is 0.0356. The van der Waals surface area contributed by atoms with E-state index in [9.17, 15) is 4.79 Å². The van der Waals surface area contributed by atoms with Gasteiger partial charge in [0.05, 0.1) is 17.7 Å². The smallest absolute Gasteiger partial charge is 0.243 e. The molecule has 1 unspecified atom stereocenters. The average Bonchev–Trinajstić information content (AvgIpc) is 2.89. The van der Waals surface area contributed by atoms with Crippen LogP contribution in [0.25, 0.3) is 0 Å². The van der Waals surface area contributed by atoms with Crippen LogP contribution in [0.4, 0.5) is 0 Å². The van der Waals surface area contributed by atoms with E-state index in [-0.39, 0.29) is 18.0 Å². The number of carbonyl (C=O) groups excluding carboxylic acids is 1. The minimum Gasteiger partial charge on any atom is -0.352 e. The molecule has 0 fully saturated rings. The molecule has 1 atom stereocenters. The molecule has 0 radical (unpaired) electrons. The quantitative estimate of drug-likeness (QED) is 0.928. The van der Waals surface area contributed by atoms with Gasteiger partial charge >= 0.3 is 0 Å². The van der Waals surface area contributed by atoms with Crippen molar-refractivity contribution in [3.05, 3.63) is 47.8 Å². The van der Waals surface area contributed by atoms with Crippen molar-refractivity contribution in [3.8, 4) is 0 Å². The molecule has 0 aromatic carbocycles. The fourth-order valence-electron chi connectivity index (χ4n) is 3.13. The highest BCUT2D eigenvalue weighted by Gasteiger charge is 2.36. The summed E-state index contributed by atoms with van der Waals surface area (Å²) in [7, 11) is 1.95. The van der Waals surface area contributed by atoms with Gasteiger partial charge in [-0.2, -0.15) is 0 Å². The molecule has 0 aliphatic carbocycles. The molecule has 122 valence electrons. The van der Waals surface area contributed by atoms with Gasteiger partial charge in [-0.3, -0.25) is 14.7 Å². The molecular formula is C17H23N5O. The van der Waals surface area contributed by atoms with Crippen molar-refractivity contribution >= 4 is 5.91 Å². The highest BCUT2D eigenvalue weighted by atomic mass is 16.2. The summed E-state index contributed by atoms with van der Waals surface area (Å²) in [5, 5.41) is 3.05. The number of nitrogens with one attached hydrogen (secondary N) is 1. The van der Waals surface area contributed by atoms with Gasteiger partial charge in [-0.05, 0) is 25.5 Å². The van der Waals surface area contributed by atoms with Crippen molar-refractivity contribution in [2.24, 2.45) is 7.05 Å². The molecule has 2 aromatic heterocycles. The number of aryl methyl sites for hydroxylation is 1. The highest BCUT2D eigenvalue weighted by Crippen LogP contribution is 2.30. The maximum atomic E-state index is 12.8. The number of carbonyl (C=O) groups is 1. The Morgan fingerprint density at radius 1 is 1.48 bits per heavy atom. The predicted octanol–water partition coefficient (Wildman–Crippen LogP) is 1.44. The second-order valence-electron chi connectivity index (χ2n) is 6.33. The molecule has 23 heavy (non-hydrogen) atoms. The standard InChI is InChI=1S/C17H23N5O/c1-12(2)20-17(23)16-15-14(19-11-21(15)3)6-8-22(16)10-13-5-4-7-18-9-13/h4-5,7,9,11-12,16H,6,8,10H2,1-3H3,(H,20,23). The summed E-state index contributed by atoms with van der Waals surface area (Å²) in [6, 6.07) is 3.77. The second-order valence-corrected chi connectivity index (χ2v) is 6.33. The van der Waals surface area contributed by atoms with Crippen LogP contribution in [0, 0.1) is 0 Å². The number of hydrogen-bond donors (Lipinski definition) is 1. The lowest BCUT2D eigenvalue weighted by Gasteiger charge is -2.35. The Labute approximate surface area is 136 Å². The summed E-state index contributed by atoms with van der Waals surface area (Å²) >= 11 is 0. The molecule has 1 aliphatic rings. The first-order chi connectivity index (χ1) is 11.1. The van der Waals surface area contributed by atoms with E-state index in [0.29, 0.717) is 6.54 Å². The number of pyridine rings is 1. The first-order valence-corrected chi connectivity index (χ1v) is 7.99. The zero-order valence-electron chi connectivity index (χ0n) is 13.9. The van der Waals surface area contributed by atoms with Crippen molar-refractivity contribution in [1.29, 1.82) is 0 Å². The van der Waals surface area contributed by atoms with Gasteiger partial charge < -0.3 is 9.88 Å². The number of imidazole rings is 1. The molecule has 0 bridgehead atoms. The van der Waals surface area contributed by atoms with Crippen LogP contribution in [0.3, 0.4) is 0 Å². The summed E-state index contributed by atoms with van der Waals surface area (Å²) in [6.45, 7) is 5.48. The summed E-state index contributed by atoms with van der Waals surface area (Å²) in [6.07, 6.45) is 6.29. The van der Waals surface area contributed by atoms with Crippen LogP contribution in [0.5, 0.6) is 0 Å². The summed E-state index contributed by atoms with van der Waals surface area (Å²) in [5.74, 6) is 0.0356. The molecule has 0 saturated carbocycles. The fourth-order valence-corrected chi connectivity index (χ4v) is 3.13. The van der Waals surface area contributed by atoms with Crippen molar-refractivity contribution in [2.75, 3.05) is 6.54 Å². The SMILES string of the molecule is CC(C)NC(=O)C1c2c(ncn2C)CCN1Cc1cccnc1. The second kappa shape index (κ2) is 6.50. The van der Waals surface area contributed by atoms with Crippen LogP contribution in [0.1, 0.15) is 36.8 Å². The lowest BCUT2D eigenvalue weighted by Crippen LogP contribution is -2.46. The molecule has 1 aliphatic heterocycles. The van der Waals surface area contributed by atoms with Gasteiger partial charge in [-0.1, -0.05) is 6.07 Å². The molecular weight excluding hydrogens is 290 g/mol. The topological polar surface area (TPSA) is 63.1 Å². The van der Waals surface area contributed by atoms with E-state index >= 15 is 0 Å². The zero-order valence-corrected chi connectivity index (χ0v) is 13.9. The Morgan fingerprint density at radius 3 is 3.00 bits per heavy atom. The minimum atomic E-state index is -0.311.